The zero-order valence-electron chi connectivity index (χ0n) is 13.2. The van der Waals surface area contributed by atoms with E-state index in [2.05, 4.69) is 10.1 Å². The van der Waals surface area contributed by atoms with Gasteiger partial charge in [-0.1, -0.05) is 42.5 Å². The lowest BCUT2D eigenvalue weighted by Gasteiger charge is -2.06. The van der Waals surface area contributed by atoms with E-state index in [1.54, 1.807) is 12.1 Å². The highest BCUT2D eigenvalue weighted by molar-refractivity contribution is 5.89. The molecule has 2 aromatic rings. The average molecular weight is 311 g/mol. The number of methoxy groups -OCH3 is 1. The van der Waals surface area contributed by atoms with Crippen molar-refractivity contribution in [2.24, 2.45) is 0 Å². The molecule has 0 bridgehead atoms. The molecule has 0 radical (unpaired) electrons. The fraction of sp³-hybridized carbons (Fsp3) is 0.263. The van der Waals surface area contributed by atoms with Crippen LogP contribution in [0.2, 0.25) is 0 Å². The van der Waals surface area contributed by atoms with E-state index in [0.29, 0.717) is 18.5 Å². The van der Waals surface area contributed by atoms with E-state index >= 15 is 0 Å². The number of esters is 1. The molecule has 2 aromatic carbocycles. The lowest BCUT2D eigenvalue weighted by atomic mass is 10.1. The monoisotopic (exact) mass is 311 g/mol. The molecule has 0 unspecified atom stereocenters. The Morgan fingerprint density at radius 3 is 2.22 bits per heavy atom. The first-order valence-electron chi connectivity index (χ1n) is 7.67. The minimum absolute atomic E-state index is 0.0556. The largest absolute Gasteiger partial charge is 0.465 e. The van der Waals surface area contributed by atoms with E-state index in [-0.39, 0.29) is 11.9 Å². The number of ether oxygens (including phenoxy) is 1. The van der Waals surface area contributed by atoms with Crippen molar-refractivity contribution in [3.05, 3.63) is 71.3 Å². The summed E-state index contributed by atoms with van der Waals surface area (Å²) >= 11 is 0. The third kappa shape index (κ3) is 5.58. The predicted molar refractivity (Wildman–Crippen MR) is 89.3 cm³/mol. The lowest BCUT2D eigenvalue weighted by Crippen LogP contribution is -2.25. The van der Waals surface area contributed by atoms with Crippen molar-refractivity contribution in [3.8, 4) is 0 Å². The van der Waals surface area contributed by atoms with Crippen molar-refractivity contribution < 1.29 is 14.3 Å². The summed E-state index contributed by atoms with van der Waals surface area (Å²) in [4.78, 5) is 23.2. The molecule has 0 atom stereocenters. The maximum Gasteiger partial charge on any atom is 0.337 e. The van der Waals surface area contributed by atoms with Crippen molar-refractivity contribution in [2.75, 3.05) is 13.7 Å². The SMILES string of the molecule is COC(=O)c1ccc(CCNC(=O)CCc2ccccc2)cc1. The second-order valence-electron chi connectivity index (χ2n) is 5.27. The van der Waals surface area contributed by atoms with E-state index in [4.69, 9.17) is 0 Å². The van der Waals surface area contributed by atoms with E-state index in [1.165, 1.54) is 12.7 Å². The Labute approximate surface area is 136 Å². The lowest BCUT2D eigenvalue weighted by molar-refractivity contribution is -0.121. The molecule has 0 heterocycles. The van der Waals surface area contributed by atoms with Gasteiger partial charge in [0.1, 0.15) is 0 Å². The molecule has 0 saturated heterocycles. The quantitative estimate of drug-likeness (QED) is 0.800. The molecule has 0 aliphatic heterocycles. The van der Waals surface area contributed by atoms with Crippen LogP contribution in [0.3, 0.4) is 0 Å². The molecule has 0 spiro atoms. The van der Waals surface area contributed by atoms with Gasteiger partial charge in [0.25, 0.3) is 0 Å². The summed E-state index contributed by atoms with van der Waals surface area (Å²) in [7, 11) is 1.36. The van der Waals surface area contributed by atoms with Crippen molar-refractivity contribution in [1.82, 2.24) is 5.32 Å². The fourth-order valence-electron chi connectivity index (χ4n) is 2.26. The van der Waals surface area contributed by atoms with Gasteiger partial charge >= 0.3 is 5.97 Å². The summed E-state index contributed by atoms with van der Waals surface area (Å²) in [5, 5.41) is 2.92. The van der Waals surface area contributed by atoms with Crippen LogP contribution in [0.5, 0.6) is 0 Å². The van der Waals surface area contributed by atoms with Gasteiger partial charge in [0.15, 0.2) is 0 Å². The summed E-state index contributed by atoms with van der Waals surface area (Å²) in [6, 6.07) is 17.2. The van der Waals surface area contributed by atoms with Crippen molar-refractivity contribution >= 4 is 11.9 Å². The Balaban J connectivity index is 1.70. The summed E-state index contributed by atoms with van der Waals surface area (Å²) in [5.41, 5.74) is 2.77. The Bertz CT molecular complexity index is 635. The van der Waals surface area contributed by atoms with Crippen LogP contribution in [0.4, 0.5) is 0 Å². The minimum Gasteiger partial charge on any atom is -0.465 e. The van der Waals surface area contributed by atoms with Crippen LogP contribution in [0, 0.1) is 0 Å². The molecule has 4 heteroatoms. The Morgan fingerprint density at radius 2 is 1.57 bits per heavy atom. The second kappa shape index (κ2) is 8.73. The number of hydrogen-bond donors (Lipinski definition) is 1. The number of carbonyl (C=O) groups is 2. The van der Waals surface area contributed by atoms with Crippen molar-refractivity contribution in [3.63, 3.8) is 0 Å². The summed E-state index contributed by atoms with van der Waals surface area (Å²) < 4.78 is 4.66. The minimum atomic E-state index is -0.342. The normalized spacial score (nSPS) is 10.1. The number of nitrogens with one attached hydrogen (secondary N) is 1. The van der Waals surface area contributed by atoms with Gasteiger partial charge in [-0.15, -0.1) is 0 Å². The zero-order chi connectivity index (χ0) is 16.5. The Morgan fingerprint density at radius 1 is 0.913 bits per heavy atom. The highest BCUT2D eigenvalue weighted by Gasteiger charge is 2.05. The van der Waals surface area contributed by atoms with Crippen LogP contribution >= 0.6 is 0 Å². The average Bonchev–Trinajstić information content (AvgIpc) is 2.61. The van der Waals surface area contributed by atoms with Crippen LogP contribution in [-0.2, 0) is 22.4 Å². The first kappa shape index (κ1) is 16.7. The van der Waals surface area contributed by atoms with E-state index < -0.39 is 0 Å². The fourth-order valence-corrected chi connectivity index (χ4v) is 2.26. The van der Waals surface area contributed by atoms with Gasteiger partial charge in [-0.25, -0.2) is 4.79 Å². The summed E-state index contributed by atoms with van der Waals surface area (Å²) in [6.45, 7) is 0.588. The smallest absolute Gasteiger partial charge is 0.337 e. The molecule has 0 aliphatic carbocycles. The highest BCUT2D eigenvalue weighted by Crippen LogP contribution is 2.06. The van der Waals surface area contributed by atoms with Crippen molar-refractivity contribution in [2.45, 2.75) is 19.3 Å². The predicted octanol–water partition coefficient (Wildman–Crippen LogP) is 2.76. The number of carbonyl (C=O) groups excluding carboxylic acids is 2. The van der Waals surface area contributed by atoms with Crippen LogP contribution in [0.15, 0.2) is 54.6 Å². The number of rotatable bonds is 7. The van der Waals surface area contributed by atoms with Gasteiger partial charge in [0, 0.05) is 13.0 Å². The number of aryl methyl sites for hydroxylation is 1. The van der Waals surface area contributed by atoms with Gasteiger partial charge in [0.05, 0.1) is 12.7 Å². The van der Waals surface area contributed by atoms with E-state index in [9.17, 15) is 9.59 Å². The van der Waals surface area contributed by atoms with Crippen molar-refractivity contribution in [1.29, 1.82) is 0 Å². The molecular formula is C19H21NO3. The first-order chi connectivity index (χ1) is 11.2. The maximum absolute atomic E-state index is 11.8. The third-order valence-electron chi connectivity index (χ3n) is 3.59. The highest BCUT2D eigenvalue weighted by atomic mass is 16.5. The van der Waals surface area contributed by atoms with Gasteiger partial charge < -0.3 is 10.1 Å². The van der Waals surface area contributed by atoms with Crippen LogP contribution in [0.25, 0.3) is 0 Å². The molecular weight excluding hydrogens is 290 g/mol. The maximum atomic E-state index is 11.8. The summed E-state index contributed by atoms with van der Waals surface area (Å²) in [6.07, 6.45) is 1.98. The van der Waals surface area contributed by atoms with Gasteiger partial charge in [-0.05, 0) is 36.1 Å². The van der Waals surface area contributed by atoms with Crippen LogP contribution in [0.1, 0.15) is 27.9 Å². The molecule has 23 heavy (non-hydrogen) atoms. The molecule has 2 rings (SSSR count). The first-order valence-corrected chi connectivity index (χ1v) is 7.67. The molecule has 4 nitrogen and oxygen atoms in total. The second-order valence-corrected chi connectivity index (χ2v) is 5.27. The molecule has 120 valence electrons. The molecule has 0 aliphatic rings. The topological polar surface area (TPSA) is 55.4 Å². The van der Waals surface area contributed by atoms with Gasteiger partial charge in [-0.2, -0.15) is 0 Å². The number of amides is 1. The van der Waals surface area contributed by atoms with Gasteiger partial charge in [-0.3, -0.25) is 4.79 Å². The molecule has 0 aromatic heterocycles. The summed E-state index contributed by atoms with van der Waals surface area (Å²) in [5.74, 6) is -0.286. The van der Waals surface area contributed by atoms with Crippen LogP contribution in [-0.4, -0.2) is 25.5 Å². The Kier molecular flexibility index (Phi) is 6.36. The third-order valence-corrected chi connectivity index (χ3v) is 3.59. The number of hydrogen-bond acceptors (Lipinski definition) is 3. The zero-order valence-corrected chi connectivity index (χ0v) is 13.2. The molecule has 1 N–H and O–H groups in total. The van der Waals surface area contributed by atoms with E-state index in [0.717, 1.165) is 18.4 Å². The van der Waals surface area contributed by atoms with E-state index in [1.807, 2.05) is 42.5 Å². The molecule has 1 amide bonds. The standard InChI is InChI=1S/C19H21NO3/c1-23-19(22)17-10-7-16(8-11-17)13-14-20-18(21)12-9-15-5-3-2-4-6-15/h2-8,10-11H,9,12-14H2,1H3,(H,20,21). The Hall–Kier alpha value is -2.62. The molecule has 0 saturated carbocycles. The number of benzene rings is 2. The van der Waals surface area contributed by atoms with Crippen LogP contribution < -0.4 is 5.32 Å². The van der Waals surface area contributed by atoms with Gasteiger partial charge in [0.2, 0.25) is 5.91 Å². The molecule has 0 fully saturated rings.